The van der Waals surface area contributed by atoms with Crippen LogP contribution in [0.3, 0.4) is 0 Å². The van der Waals surface area contributed by atoms with Crippen LogP contribution in [0.5, 0.6) is 11.5 Å². The quantitative estimate of drug-likeness (QED) is 0.669. The molecule has 134 valence electrons. The molecule has 0 unspecified atom stereocenters. The Balaban J connectivity index is 1.68. The lowest BCUT2D eigenvalue weighted by atomic mass is 10.2. The molecule has 6 nitrogen and oxygen atoms in total. The molecule has 0 spiro atoms. The highest BCUT2D eigenvalue weighted by molar-refractivity contribution is 5.59. The third kappa shape index (κ3) is 4.18. The molecule has 2 aromatic carbocycles. The summed E-state index contributed by atoms with van der Waals surface area (Å²) in [6.07, 6.45) is 1.42. The van der Waals surface area contributed by atoms with Crippen molar-refractivity contribution in [3.05, 3.63) is 66.2 Å². The minimum atomic E-state index is -0.342. The third-order valence-electron chi connectivity index (χ3n) is 3.73. The van der Waals surface area contributed by atoms with E-state index in [9.17, 15) is 4.39 Å². The molecule has 3 rings (SSSR count). The highest BCUT2D eigenvalue weighted by Gasteiger charge is 2.06. The number of nitrogens with zero attached hydrogens (tertiary/aromatic N) is 2. The number of rotatable bonds is 7. The molecule has 0 atom stereocenters. The first-order valence-corrected chi connectivity index (χ1v) is 7.98. The number of para-hydroxylation sites is 1. The Morgan fingerprint density at radius 3 is 2.46 bits per heavy atom. The normalized spacial score (nSPS) is 10.3. The Kier molecular flexibility index (Phi) is 5.48. The molecule has 26 heavy (non-hydrogen) atoms. The Hall–Kier alpha value is -3.35. The summed E-state index contributed by atoms with van der Waals surface area (Å²) in [5.41, 5.74) is 1.36. The average Bonchev–Trinajstić information content (AvgIpc) is 2.68. The van der Waals surface area contributed by atoms with Crippen molar-refractivity contribution in [1.29, 1.82) is 0 Å². The zero-order valence-corrected chi connectivity index (χ0v) is 14.5. The Morgan fingerprint density at radius 1 is 0.923 bits per heavy atom. The average molecular weight is 354 g/mol. The molecule has 1 aromatic heterocycles. The molecule has 0 bridgehead atoms. The van der Waals surface area contributed by atoms with Crippen LogP contribution in [-0.4, -0.2) is 24.2 Å². The molecule has 0 radical (unpaired) electrons. The second kappa shape index (κ2) is 8.15. The van der Waals surface area contributed by atoms with Crippen molar-refractivity contribution in [2.24, 2.45) is 0 Å². The second-order valence-corrected chi connectivity index (χ2v) is 5.44. The van der Waals surface area contributed by atoms with Crippen LogP contribution >= 0.6 is 0 Å². The van der Waals surface area contributed by atoms with Gasteiger partial charge in [-0.3, -0.25) is 0 Å². The van der Waals surface area contributed by atoms with Crippen LogP contribution < -0.4 is 20.1 Å². The molecular formula is C19H19FN4O2. The molecular weight excluding hydrogens is 335 g/mol. The van der Waals surface area contributed by atoms with Gasteiger partial charge in [-0.15, -0.1) is 0 Å². The van der Waals surface area contributed by atoms with Crippen LogP contribution in [0.2, 0.25) is 0 Å². The van der Waals surface area contributed by atoms with E-state index in [2.05, 4.69) is 20.6 Å². The maximum Gasteiger partial charge on any atom is 0.161 e. The fourth-order valence-corrected chi connectivity index (χ4v) is 2.41. The fraction of sp³-hybridized carbons (Fsp3) is 0.158. The van der Waals surface area contributed by atoms with E-state index in [-0.39, 0.29) is 5.82 Å². The highest BCUT2D eigenvalue weighted by atomic mass is 19.1. The van der Waals surface area contributed by atoms with E-state index in [1.165, 1.54) is 12.4 Å². The van der Waals surface area contributed by atoms with E-state index in [4.69, 9.17) is 9.47 Å². The van der Waals surface area contributed by atoms with E-state index in [0.29, 0.717) is 35.4 Å². The molecule has 2 N–H and O–H groups in total. The summed E-state index contributed by atoms with van der Waals surface area (Å²) in [7, 11) is 3.20. The minimum Gasteiger partial charge on any atom is -0.493 e. The van der Waals surface area contributed by atoms with Gasteiger partial charge in [0.2, 0.25) is 0 Å². The van der Waals surface area contributed by atoms with Gasteiger partial charge < -0.3 is 20.1 Å². The van der Waals surface area contributed by atoms with Gasteiger partial charge in [0.15, 0.2) is 11.5 Å². The number of hydrogen-bond donors (Lipinski definition) is 2. The lowest BCUT2D eigenvalue weighted by molar-refractivity contribution is 0.354. The van der Waals surface area contributed by atoms with E-state index in [1.54, 1.807) is 38.5 Å². The molecule has 0 aliphatic carbocycles. The number of ether oxygens (including phenoxy) is 2. The van der Waals surface area contributed by atoms with Gasteiger partial charge in [-0.2, -0.15) is 0 Å². The molecule has 0 saturated heterocycles. The van der Waals surface area contributed by atoms with Crippen molar-refractivity contribution in [2.75, 3.05) is 24.9 Å². The van der Waals surface area contributed by atoms with Gasteiger partial charge >= 0.3 is 0 Å². The first-order chi connectivity index (χ1) is 12.7. The topological polar surface area (TPSA) is 68.3 Å². The first kappa shape index (κ1) is 17.5. The second-order valence-electron chi connectivity index (χ2n) is 5.44. The van der Waals surface area contributed by atoms with Crippen LogP contribution in [0.25, 0.3) is 0 Å². The largest absolute Gasteiger partial charge is 0.493 e. The van der Waals surface area contributed by atoms with Gasteiger partial charge in [0.25, 0.3) is 0 Å². The predicted molar refractivity (Wildman–Crippen MR) is 98.6 cm³/mol. The molecule has 3 aromatic rings. The van der Waals surface area contributed by atoms with Crippen molar-refractivity contribution < 1.29 is 13.9 Å². The lowest BCUT2D eigenvalue weighted by Crippen LogP contribution is -2.04. The van der Waals surface area contributed by atoms with Crippen LogP contribution in [0, 0.1) is 5.82 Å². The van der Waals surface area contributed by atoms with Crippen LogP contribution in [0.1, 0.15) is 5.56 Å². The number of methoxy groups -OCH3 is 2. The van der Waals surface area contributed by atoms with Gasteiger partial charge in [0, 0.05) is 12.6 Å². The van der Waals surface area contributed by atoms with E-state index in [0.717, 1.165) is 5.56 Å². The lowest BCUT2D eigenvalue weighted by Gasteiger charge is -2.11. The Bertz CT molecular complexity index is 889. The van der Waals surface area contributed by atoms with E-state index in [1.807, 2.05) is 18.2 Å². The number of anilines is 3. The van der Waals surface area contributed by atoms with Crippen molar-refractivity contribution >= 4 is 17.3 Å². The Labute approximate surface area is 151 Å². The zero-order chi connectivity index (χ0) is 18.4. The zero-order valence-electron chi connectivity index (χ0n) is 14.5. The number of aromatic nitrogens is 2. The Morgan fingerprint density at radius 2 is 1.69 bits per heavy atom. The van der Waals surface area contributed by atoms with Crippen molar-refractivity contribution in [3.8, 4) is 11.5 Å². The molecule has 7 heteroatoms. The maximum atomic E-state index is 13.7. The SMILES string of the molecule is COc1ccc(CNc2cc(Nc3ccccc3F)ncn2)cc1OC. The molecule has 0 aliphatic rings. The number of halogens is 1. The van der Waals surface area contributed by atoms with Gasteiger partial charge in [0.1, 0.15) is 23.8 Å². The summed E-state index contributed by atoms with van der Waals surface area (Å²) >= 11 is 0. The van der Waals surface area contributed by atoms with Crippen LogP contribution in [-0.2, 0) is 6.54 Å². The predicted octanol–water partition coefficient (Wildman–Crippen LogP) is 3.99. The molecule has 0 saturated carbocycles. The molecule has 0 aliphatic heterocycles. The van der Waals surface area contributed by atoms with Gasteiger partial charge in [0.05, 0.1) is 19.9 Å². The summed E-state index contributed by atoms with van der Waals surface area (Å²) in [5.74, 6) is 2.12. The van der Waals surface area contributed by atoms with Crippen molar-refractivity contribution in [1.82, 2.24) is 9.97 Å². The maximum absolute atomic E-state index is 13.7. The summed E-state index contributed by atoms with van der Waals surface area (Å²) in [5, 5.41) is 6.15. The highest BCUT2D eigenvalue weighted by Crippen LogP contribution is 2.28. The fourth-order valence-electron chi connectivity index (χ4n) is 2.41. The molecule has 0 amide bonds. The third-order valence-corrected chi connectivity index (χ3v) is 3.73. The standard InChI is InChI=1S/C19H19FN4O2/c1-25-16-8-7-13(9-17(16)26-2)11-21-18-10-19(23-12-22-18)24-15-6-4-3-5-14(15)20/h3-10,12H,11H2,1-2H3,(H2,21,22,23,24). The van der Waals surface area contributed by atoms with Gasteiger partial charge in [-0.1, -0.05) is 18.2 Å². The minimum absolute atomic E-state index is 0.342. The number of hydrogen-bond acceptors (Lipinski definition) is 6. The monoisotopic (exact) mass is 354 g/mol. The number of nitrogens with one attached hydrogen (secondary N) is 2. The van der Waals surface area contributed by atoms with Crippen molar-refractivity contribution in [2.45, 2.75) is 6.54 Å². The van der Waals surface area contributed by atoms with Gasteiger partial charge in [-0.25, -0.2) is 14.4 Å². The summed E-state index contributed by atoms with van der Waals surface area (Å²) in [6, 6.07) is 13.8. The first-order valence-electron chi connectivity index (χ1n) is 7.98. The summed E-state index contributed by atoms with van der Waals surface area (Å²) < 4.78 is 24.3. The van der Waals surface area contributed by atoms with Crippen molar-refractivity contribution in [3.63, 3.8) is 0 Å². The van der Waals surface area contributed by atoms with E-state index < -0.39 is 0 Å². The van der Waals surface area contributed by atoms with Crippen LogP contribution in [0.4, 0.5) is 21.7 Å². The van der Waals surface area contributed by atoms with Gasteiger partial charge in [-0.05, 0) is 29.8 Å². The van der Waals surface area contributed by atoms with E-state index >= 15 is 0 Å². The summed E-state index contributed by atoms with van der Waals surface area (Å²) in [4.78, 5) is 8.30. The molecule has 1 heterocycles. The summed E-state index contributed by atoms with van der Waals surface area (Å²) in [6.45, 7) is 0.538. The smallest absolute Gasteiger partial charge is 0.161 e. The molecule has 0 fully saturated rings. The van der Waals surface area contributed by atoms with Crippen LogP contribution in [0.15, 0.2) is 54.9 Å². The number of benzene rings is 2.